The Hall–Kier alpha value is -3.39. The van der Waals surface area contributed by atoms with Crippen LogP contribution in [0.2, 0.25) is 0 Å². The fourth-order valence-electron chi connectivity index (χ4n) is 2.17. The van der Waals surface area contributed by atoms with Crippen LogP contribution in [-0.4, -0.2) is 18.5 Å². The molecule has 0 saturated carbocycles. The van der Waals surface area contributed by atoms with Gasteiger partial charge >= 0.3 is 5.97 Å². The molecule has 0 radical (unpaired) electrons. The summed E-state index contributed by atoms with van der Waals surface area (Å²) in [6.07, 6.45) is 1.42. The number of ether oxygens (including phenoxy) is 1. The third-order valence-electron chi connectivity index (χ3n) is 3.46. The molecule has 1 atom stereocenters. The van der Waals surface area contributed by atoms with Crippen molar-refractivity contribution in [3.63, 3.8) is 0 Å². The average molecular weight is 334 g/mol. The van der Waals surface area contributed by atoms with Gasteiger partial charge in [-0.1, -0.05) is 60.7 Å². The highest BCUT2D eigenvalue weighted by molar-refractivity contribution is 5.98. The molecule has 0 heterocycles. The van der Waals surface area contributed by atoms with Crippen molar-refractivity contribution in [2.75, 3.05) is 6.61 Å². The van der Waals surface area contributed by atoms with Crippen LogP contribution in [0.3, 0.4) is 0 Å². The molecule has 0 aliphatic carbocycles. The van der Waals surface area contributed by atoms with Gasteiger partial charge < -0.3 is 10.1 Å². The van der Waals surface area contributed by atoms with E-state index in [4.69, 9.17) is 10.00 Å². The highest BCUT2D eigenvalue weighted by atomic mass is 16.5. The van der Waals surface area contributed by atoms with Gasteiger partial charge in [-0.3, -0.25) is 4.79 Å². The Labute approximate surface area is 146 Å². The summed E-state index contributed by atoms with van der Waals surface area (Å²) in [4.78, 5) is 23.9. The second-order valence-corrected chi connectivity index (χ2v) is 5.36. The predicted molar refractivity (Wildman–Crippen MR) is 94.0 cm³/mol. The molecule has 0 unspecified atom stereocenters. The Bertz CT molecular complexity index is 793. The topological polar surface area (TPSA) is 79.2 Å². The normalized spacial score (nSPS) is 11.9. The molecule has 0 spiro atoms. The van der Waals surface area contributed by atoms with Crippen LogP contribution in [0.15, 0.2) is 66.2 Å². The van der Waals surface area contributed by atoms with E-state index in [1.807, 2.05) is 43.3 Å². The van der Waals surface area contributed by atoms with Crippen molar-refractivity contribution in [2.24, 2.45) is 0 Å². The zero-order valence-electron chi connectivity index (χ0n) is 13.8. The van der Waals surface area contributed by atoms with Crippen LogP contribution in [-0.2, 0) is 14.3 Å². The van der Waals surface area contributed by atoms with Crippen molar-refractivity contribution in [2.45, 2.75) is 13.0 Å². The van der Waals surface area contributed by atoms with E-state index < -0.39 is 18.5 Å². The van der Waals surface area contributed by atoms with E-state index in [-0.39, 0.29) is 11.6 Å². The maximum absolute atomic E-state index is 11.9. The van der Waals surface area contributed by atoms with Gasteiger partial charge in [-0.05, 0) is 24.1 Å². The molecule has 126 valence electrons. The first-order valence-corrected chi connectivity index (χ1v) is 7.78. The molecular formula is C20H18N2O3. The maximum Gasteiger partial charge on any atom is 0.349 e. The molecule has 2 rings (SSSR count). The third-order valence-corrected chi connectivity index (χ3v) is 3.46. The predicted octanol–water partition coefficient (Wildman–Crippen LogP) is 3.01. The van der Waals surface area contributed by atoms with Gasteiger partial charge in [0.25, 0.3) is 5.91 Å². The number of carbonyl (C=O) groups excluding carboxylic acids is 2. The zero-order valence-corrected chi connectivity index (χ0v) is 13.8. The number of benzene rings is 2. The van der Waals surface area contributed by atoms with E-state index in [2.05, 4.69) is 5.32 Å². The van der Waals surface area contributed by atoms with E-state index in [9.17, 15) is 9.59 Å². The fraction of sp³-hybridized carbons (Fsp3) is 0.150. The van der Waals surface area contributed by atoms with Crippen LogP contribution in [0, 0.1) is 11.3 Å². The summed E-state index contributed by atoms with van der Waals surface area (Å²) in [5, 5.41) is 11.8. The minimum atomic E-state index is -0.825. The molecule has 2 aromatic carbocycles. The van der Waals surface area contributed by atoms with Gasteiger partial charge in [0.15, 0.2) is 6.61 Å². The molecule has 0 fully saturated rings. The van der Waals surface area contributed by atoms with Gasteiger partial charge in [0, 0.05) is 0 Å². The van der Waals surface area contributed by atoms with Crippen LogP contribution in [0.25, 0.3) is 6.08 Å². The Morgan fingerprint density at radius 3 is 2.32 bits per heavy atom. The van der Waals surface area contributed by atoms with Crippen LogP contribution in [0.4, 0.5) is 0 Å². The molecule has 25 heavy (non-hydrogen) atoms. The standard InChI is InChI=1S/C20H18N2O3/c1-15(17-10-6-3-7-11-17)22-19(23)14-25-20(24)18(13-21)12-16-8-4-2-5-9-16/h2-12,15H,14H2,1H3,(H,22,23)/b18-12+/t15-/m0/s1. The maximum atomic E-state index is 11.9. The number of esters is 1. The van der Waals surface area contributed by atoms with E-state index in [1.54, 1.807) is 30.3 Å². The average Bonchev–Trinajstić information content (AvgIpc) is 2.65. The van der Waals surface area contributed by atoms with Gasteiger partial charge in [-0.15, -0.1) is 0 Å². The Balaban J connectivity index is 1.89. The molecule has 0 bridgehead atoms. The molecular weight excluding hydrogens is 316 g/mol. The van der Waals surface area contributed by atoms with E-state index >= 15 is 0 Å². The first kappa shape index (κ1) is 18.0. The van der Waals surface area contributed by atoms with Crippen molar-refractivity contribution < 1.29 is 14.3 Å². The van der Waals surface area contributed by atoms with Gasteiger partial charge in [-0.2, -0.15) is 5.26 Å². The number of hydrogen-bond donors (Lipinski definition) is 1. The smallest absolute Gasteiger partial charge is 0.349 e. The molecule has 1 N–H and O–H groups in total. The highest BCUT2D eigenvalue weighted by Gasteiger charge is 2.15. The summed E-state index contributed by atoms with van der Waals surface area (Å²) in [6, 6.07) is 20.0. The van der Waals surface area contributed by atoms with E-state index in [0.29, 0.717) is 5.56 Å². The Morgan fingerprint density at radius 2 is 1.72 bits per heavy atom. The summed E-state index contributed by atoms with van der Waals surface area (Å²) < 4.78 is 4.92. The van der Waals surface area contributed by atoms with Crippen LogP contribution in [0.5, 0.6) is 0 Å². The second-order valence-electron chi connectivity index (χ2n) is 5.36. The lowest BCUT2D eigenvalue weighted by atomic mass is 10.1. The van der Waals surface area contributed by atoms with Crippen LogP contribution < -0.4 is 5.32 Å². The second kappa shape index (κ2) is 9.04. The molecule has 0 aliphatic heterocycles. The summed E-state index contributed by atoms with van der Waals surface area (Å²) in [5.41, 5.74) is 1.50. The van der Waals surface area contributed by atoms with Crippen molar-refractivity contribution in [1.29, 1.82) is 5.26 Å². The largest absolute Gasteiger partial charge is 0.451 e. The number of hydrogen-bond acceptors (Lipinski definition) is 4. The molecule has 5 heteroatoms. The number of nitriles is 1. The van der Waals surface area contributed by atoms with Crippen molar-refractivity contribution in [1.82, 2.24) is 5.32 Å². The molecule has 1 amide bonds. The lowest BCUT2D eigenvalue weighted by molar-refractivity contribution is -0.144. The molecule has 5 nitrogen and oxygen atoms in total. The van der Waals surface area contributed by atoms with Crippen molar-refractivity contribution in [3.8, 4) is 6.07 Å². The summed E-state index contributed by atoms with van der Waals surface area (Å²) in [6.45, 7) is 1.40. The number of amides is 1. The van der Waals surface area contributed by atoms with Crippen LogP contribution >= 0.6 is 0 Å². The van der Waals surface area contributed by atoms with Gasteiger partial charge in [0.1, 0.15) is 11.6 Å². The summed E-state index contributed by atoms with van der Waals surface area (Å²) in [7, 11) is 0. The van der Waals surface area contributed by atoms with Gasteiger partial charge in [-0.25, -0.2) is 4.79 Å². The first-order chi connectivity index (χ1) is 12.1. The SMILES string of the molecule is C[C@H](NC(=O)COC(=O)/C(C#N)=C/c1ccccc1)c1ccccc1. The number of nitrogens with zero attached hydrogens (tertiary/aromatic N) is 1. The Morgan fingerprint density at radius 1 is 1.12 bits per heavy atom. The monoisotopic (exact) mass is 334 g/mol. The number of rotatable bonds is 6. The summed E-state index contributed by atoms with van der Waals surface area (Å²) >= 11 is 0. The molecule has 0 aliphatic rings. The van der Waals surface area contributed by atoms with Gasteiger partial charge in [0.05, 0.1) is 6.04 Å². The first-order valence-electron chi connectivity index (χ1n) is 7.78. The summed E-state index contributed by atoms with van der Waals surface area (Å²) in [5.74, 6) is -1.25. The minimum Gasteiger partial charge on any atom is -0.451 e. The minimum absolute atomic E-state index is 0.157. The molecule has 0 saturated heterocycles. The highest BCUT2D eigenvalue weighted by Crippen LogP contribution is 2.11. The van der Waals surface area contributed by atoms with Crippen molar-refractivity contribution in [3.05, 3.63) is 77.4 Å². The van der Waals surface area contributed by atoms with E-state index in [0.717, 1.165) is 5.56 Å². The lowest BCUT2D eigenvalue weighted by Gasteiger charge is -2.14. The van der Waals surface area contributed by atoms with Gasteiger partial charge in [0.2, 0.25) is 0 Å². The molecule has 2 aromatic rings. The van der Waals surface area contributed by atoms with Crippen molar-refractivity contribution >= 4 is 18.0 Å². The quantitative estimate of drug-likeness (QED) is 0.500. The Kier molecular flexibility index (Phi) is 6.49. The number of nitrogens with one attached hydrogen (secondary N) is 1. The molecule has 0 aromatic heterocycles. The fourth-order valence-corrected chi connectivity index (χ4v) is 2.17. The van der Waals surface area contributed by atoms with E-state index in [1.165, 1.54) is 6.08 Å². The lowest BCUT2D eigenvalue weighted by Crippen LogP contribution is -2.31. The zero-order chi connectivity index (χ0) is 18.1. The third kappa shape index (κ3) is 5.63. The number of carbonyl (C=O) groups is 2. The van der Waals surface area contributed by atoms with Crippen LogP contribution in [0.1, 0.15) is 24.1 Å².